The van der Waals surface area contributed by atoms with E-state index in [0.717, 1.165) is 29.4 Å². The molecule has 1 aliphatic rings. The molecule has 0 radical (unpaired) electrons. The van der Waals surface area contributed by atoms with Crippen LogP contribution in [0.25, 0.3) is 0 Å². The van der Waals surface area contributed by atoms with Crippen molar-refractivity contribution < 1.29 is 4.79 Å². The standard InChI is InChI=1S/C17H17BrN2O2/c18-14-4-1-3-13(10-14)15-5-2-8-20(15)17(22)9-12-6-7-16(21)19-11-12/h1,3-4,6-7,10-11,15H,2,5,8-9H2,(H,19,21). The molecule has 3 rings (SSSR count). The van der Waals surface area contributed by atoms with E-state index >= 15 is 0 Å². The van der Waals surface area contributed by atoms with Gasteiger partial charge in [0.15, 0.2) is 0 Å². The number of benzene rings is 1. The maximum absolute atomic E-state index is 12.6. The van der Waals surface area contributed by atoms with Crippen LogP contribution in [-0.4, -0.2) is 22.3 Å². The summed E-state index contributed by atoms with van der Waals surface area (Å²) in [5.74, 6) is 0.106. The molecular formula is C17H17BrN2O2. The van der Waals surface area contributed by atoms with Gasteiger partial charge in [0.2, 0.25) is 11.5 Å². The van der Waals surface area contributed by atoms with Crippen molar-refractivity contribution in [1.82, 2.24) is 9.88 Å². The monoisotopic (exact) mass is 360 g/mol. The summed E-state index contributed by atoms with van der Waals surface area (Å²) in [5.41, 5.74) is 1.86. The average molecular weight is 361 g/mol. The zero-order chi connectivity index (χ0) is 15.5. The van der Waals surface area contributed by atoms with Gasteiger partial charge in [-0.1, -0.05) is 34.1 Å². The molecule has 0 saturated carbocycles. The van der Waals surface area contributed by atoms with Gasteiger partial charge < -0.3 is 9.88 Å². The molecule has 2 aromatic rings. The number of amides is 1. The highest BCUT2D eigenvalue weighted by atomic mass is 79.9. The first kappa shape index (κ1) is 15.0. The topological polar surface area (TPSA) is 53.2 Å². The van der Waals surface area contributed by atoms with Gasteiger partial charge >= 0.3 is 0 Å². The van der Waals surface area contributed by atoms with Gasteiger partial charge in [-0.25, -0.2) is 0 Å². The molecule has 1 unspecified atom stereocenters. The largest absolute Gasteiger partial charge is 0.335 e. The number of pyridine rings is 1. The third-order valence-electron chi connectivity index (χ3n) is 4.01. The predicted molar refractivity (Wildman–Crippen MR) is 88.6 cm³/mol. The molecule has 2 heterocycles. The lowest BCUT2D eigenvalue weighted by Crippen LogP contribution is -2.32. The molecule has 0 aliphatic carbocycles. The van der Waals surface area contributed by atoms with Crippen molar-refractivity contribution in [3.8, 4) is 0 Å². The summed E-state index contributed by atoms with van der Waals surface area (Å²) in [7, 11) is 0. The second-order valence-corrected chi connectivity index (χ2v) is 6.45. The molecule has 22 heavy (non-hydrogen) atoms. The van der Waals surface area contributed by atoms with Crippen LogP contribution in [0.5, 0.6) is 0 Å². The van der Waals surface area contributed by atoms with Crippen molar-refractivity contribution in [2.45, 2.75) is 25.3 Å². The first-order chi connectivity index (χ1) is 10.6. The maximum atomic E-state index is 12.6. The smallest absolute Gasteiger partial charge is 0.247 e. The van der Waals surface area contributed by atoms with Crippen molar-refractivity contribution in [3.05, 3.63) is 68.5 Å². The minimum atomic E-state index is -0.149. The van der Waals surface area contributed by atoms with Gasteiger partial charge in [-0.15, -0.1) is 0 Å². The number of likely N-dealkylation sites (tertiary alicyclic amines) is 1. The Morgan fingerprint density at radius 1 is 1.32 bits per heavy atom. The second-order valence-electron chi connectivity index (χ2n) is 5.54. The van der Waals surface area contributed by atoms with Crippen LogP contribution in [0.1, 0.15) is 30.0 Å². The van der Waals surface area contributed by atoms with Gasteiger partial charge in [0.05, 0.1) is 12.5 Å². The number of rotatable bonds is 3. The van der Waals surface area contributed by atoms with Gasteiger partial charge in [0, 0.05) is 23.3 Å². The van der Waals surface area contributed by atoms with Crippen LogP contribution in [0.2, 0.25) is 0 Å². The Bertz CT molecular complexity index is 721. The van der Waals surface area contributed by atoms with E-state index in [1.165, 1.54) is 11.6 Å². The van der Waals surface area contributed by atoms with Crippen molar-refractivity contribution >= 4 is 21.8 Å². The molecule has 0 spiro atoms. The number of carbonyl (C=O) groups is 1. The van der Waals surface area contributed by atoms with Crippen LogP contribution in [0.4, 0.5) is 0 Å². The van der Waals surface area contributed by atoms with E-state index in [4.69, 9.17) is 0 Å². The molecule has 5 heteroatoms. The molecule has 1 amide bonds. The lowest BCUT2D eigenvalue weighted by atomic mass is 10.0. The molecule has 114 valence electrons. The lowest BCUT2D eigenvalue weighted by molar-refractivity contribution is -0.131. The molecule has 1 aliphatic heterocycles. The molecule has 1 N–H and O–H groups in total. The third kappa shape index (κ3) is 3.30. The molecule has 1 fully saturated rings. The first-order valence-corrected chi connectivity index (χ1v) is 8.15. The second kappa shape index (κ2) is 6.48. The highest BCUT2D eigenvalue weighted by Gasteiger charge is 2.29. The minimum absolute atomic E-state index is 0.106. The molecule has 1 saturated heterocycles. The fourth-order valence-electron chi connectivity index (χ4n) is 2.95. The van der Waals surface area contributed by atoms with Crippen molar-refractivity contribution in [2.24, 2.45) is 0 Å². The SMILES string of the molecule is O=C(Cc1ccc(=O)[nH]c1)N1CCCC1c1cccc(Br)c1. The normalized spacial score (nSPS) is 17.7. The van der Waals surface area contributed by atoms with Gasteiger partial charge in [0.25, 0.3) is 0 Å². The molecule has 4 nitrogen and oxygen atoms in total. The van der Waals surface area contributed by atoms with Crippen LogP contribution in [0.15, 0.2) is 51.9 Å². The van der Waals surface area contributed by atoms with E-state index in [1.807, 2.05) is 17.0 Å². The number of nitrogens with one attached hydrogen (secondary N) is 1. The lowest BCUT2D eigenvalue weighted by Gasteiger charge is -2.25. The highest BCUT2D eigenvalue weighted by molar-refractivity contribution is 9.10. The molecule has 1 atom stereocenters. The summed E-state index contributed by atoms with van der Waals surface area (Å²) in [6.07, 6.45) is 3.95. The number of halogens is 1. The molecular weight excluding hydrogens is 344 g/mol. The quantitative estimate of drug-likeness (QED) is 0.914. The number of hydrogen-bond donors (Lipinski definition) is 1. The summed E-state index contributed by atoms with van der Waals surface area (Å²) < 4.78 is 1.03. The van der Waals surface area contributed by atoms with Crippen molar-refractivity contribution in [2.75, 3.05) is 6.54 Å². The van der Waals surface area contributed by atoms with E-state index in [-0.39, 0.29) is 17.5 Å². The summed E-state index contributed by atoms with van der Waals surface area (Å²) in [4.78, 5) is 28.2. The Morgan fingerprint density at radius 3 is 2.91 bits per heavy atom. The van der Waals surface area contributed by atoms with E-state index in [0.29, 0.717) is 6.42 Å². The summed E-state index contributed by atoms with van der Waals surface area (Å²) in [6.45, 7) is 0.791. The fourth-order valence-corrected chi connectivity index (χ4v) is 3.37. The number of aromatic nitrogens is 1. The Balaban J connectivity index is 1.76. The number of H-pyrrole nitrogens is 1. The first-order valence-electron chi connectivity index (χ1n) is 7.36. The highest BCUT2D eigenvalue weighted by Crippen LogP contribution is 2.33. The van der Waals surface area contributed by atoms with Crippen molar-refractivity contribution in [1.29, 1.82) is 0 Å². The number of nitrogens with zero attached hydrogens (tertiary/aromatic N) is 1. The van der Waals surface area contributed by atoms with E-state index in [1.54, 1.807) is 12.3 Å². The van der Waals surface area contributed by atoms with Gasteiger partial charge in [0.1, 0.15) is 0 Å². The predicted octanol–water partition coefficient (Wildman–Crippen LogP) is 3.04. The molecule has 0 bridgehead atoms. The van der Waals surface area contributed by atoms with Crippen LogP contribution in [0.3, 0.4) is 0 Å². The van der Waals surface area contributed by atoms with E-state index < -0.39 is 0 Å². The maximum Gasteiger partial charge on any atom is 0.247 e. The number of carbonyl (C=O) groups excluding carboxylic acids is 1. The van der Waals surface area contributed by atoms with Gasteiger partial charge in [-0.2, -0.15) is 0 Å². The van der Waals surface area contributed by atoms with Gasteiger partial charge in [-0.3, -0.25) is 9.59 Å². The average Bonchev–Trinajstić information content (AvgIpc) is 2.99. The van der Waals surface area contributed by atoms with E-state index in [2.05, 4.69) is 33.0 Å². The zero-order valence-electron chi connectivity index (χ0n) is 12.1. The van der Waals surface area contributed by atoms with Gasteiger partial charge in [-0.05, 0) is 36.1 Å². The third-order valence-corrected chi connectivity index (χ3v) is 4.50. The Kier molecular flexibility index (Phi) is 4.43. The fraction of sp³-hybridized carbons (Fsp3) is 0.294. The van der Waals surface area contributed by atoms with Crippen LogP contribution >= 0.6 is 15.9 Å². The number of hydrogen-bond acceptors (Lipinski definition) is 2. The number of aromatic amines is 1. The zero-order valence-corrected chi connectivity index (χ0v) is 13.7. The molecule has 1 aromatic carbocycles. The Hall–Kier alpha value is -1.88. The van der Waals surface area contributed by atoms with Crippen LogP contribution in [0, 0.1) is 0 Å². The summed E-state index contributed by atoms with van der Waals surface area (Å²) in [6, 6.07) is 11.5. The van der Waals surface area contributed by atoms with Crippen LogP contribution in [-0.2, 0) is 11.2 Å². The van der Waals surface area contributed by atoms with Crippen LogP contribution < -0.4 is 5.56 Å². The Labute approximate surface area is 137 Å². The van der Waals surface area contributed by atoms with Crippen molar-refractivity contribution in [3.63, 3.8) is 0 Å². The minimum Gasteiger partial charge on any atom is -0.335 e. The summed E-state index contributed by atoms with van der Waals surface area (Å²) in [5, 5.41) is 0. The van der Waals surface area contributed by atoms with E-state index in [9.17, 15) is 9.59 Å². The molecule has 1 aromatic heterocycles. The Morgan fingerprint density at radius 2 is 2.18 bits per heavy atom. The summed E-state index contributed by atoms with van der Waals surface area (Å²) >= 11 is 3.49.